The van der Waals surface area contributed by atoms with Gasteiger partial charge in [-0.3, -0.25) is 14.7 Å². The van der Waals surface area contributed by atoms with Crippen LogP contribution in [0.1, 0.15) is 17.5 Å². The molecule has 2 aliphatic rings. The normalized spacial score (nSPS) is 18.1. The second-order valence-electron chi connectivity index (χ2n) is 9.01. The summed E-state index contributed by atoms with van der Waals surface area (Å²) in [5, 5.41) is 15.2. The van der Waals surface area contributed by atoms with Gasteiger partial charge >= 0.3 is 12.3 Å². The third-order valence-corrected chi connectivity index (χ3v) is 7.76. The summed E-state index contributed by atoms with van der Waals surface area (Å²) in [4.78, 5) is 26.4. The fourth-order valence-electron chi connectivity index (χ4n) is 4.31. The molecule has 5 rings (SSSR count). The molecule has 43 heavy (non-hydrogen) atoms. The molecule has 0 spiro atoms. The Morgan fingerprint density at radius 1 is 1.07 bits per heavy atom. The first kappa shape index (κ1) is 30.4. The van der Waals surface area contributed by atoms with E-state index in [0.717, 1.165) is 12.1 Å². The molecule has 0 saturated carbocycles. The van der Waals surface area contributed by atoms with E-state index in [-0.39, 0.29) is 18.1 Å². The Bertz CT molecular complexity index is 1610. The quantitative estimate of drug-likeness (QED) is 0.164. The minimum atomic E-state index is -4.82. The topological polar surface area (TPSA) is 96.2 Å². The van der Waals surface area contributed by atoms with Crippen LogP contribution < -0.4 is 14.6 Å². The van der Waals surface area contributed by atoms with Crippen molar-refractivity contribution in [2.75, 3.05) is 22.8 Å². The number of ether oxygens (including phenoxy) is 2. The number of halogens is 5. The number of rotatable bonds is 7. The summed E-state index contributed by atoms with van der Waals surface area (Å²) in [6, 6.07) is 16.3. The summed E-state index contributed by atoms with van der Waals surface area (Å²) < 4.78 is 46.4. The van der Waals surface area contributed by atoms with Gasteiger partial charge in [0.2, 0.25) is 5.91 Å². The molecule has 0 bridgehead atoms. The molecule has 0 N–H and O–H groups in total. The molecule has 1 saturated heterocycles. The van der Waals surface area contributed by atoms with Crippen LogP contribution in [0, 0.1) is 0 Å². The number of nitrogens with zero attached hydrogens (tertiary/aromatic N) is 5. The van der Waals surface area contributed by atoms with Gasteiger partial charge in [0.05, 0.1) is 46.2 Å². The highest BCUT2D eigenvalue weighted by Gasteiger charge is 2.36. The molecule has 1 amide bonds. The van der Waals surface area contributed by atoms with Crippen molar-refractivity contribution in [3.63, 3.8) is 0 Å². The van der Waals surface area contributed by atoms with Crippen LogP contribution in [-0.4, -0.2) is 54.2 Å². The highest BCUT2D eigenvalue weighted by atomic mass is 35.5. The minimum absolute atomic E-state index is 0.168. The van der Waals surface area contributed by atoms with Gasteiger partial charge in [-0.05, 0) is 47.5 Å². The van der Waals surface area contributed by atoms with Crippen LogP contribution in [0.5, 0.6) is 5.75 Å². The second kappa shape index (κ2) is 12.7. The summed E-state index contributed by atoms with van der Waals surface area (Å²) in [7, 11) is 1.25. The number of methoxy groups -OCH3 is 1. The number of hydrazone groups is 1. The SMILES string of the molecule is COC(=O)C1CC(c2ccc(/C=N/N=C3\SCC(=O)N3c3c(Cl)cccc3Cl)cc2)=NN1c1ccc(OC(F)(F)F)cc1. The van der Waals surface area contributed by atoms with Gasteiger partial charge in [0.1, 0.15) is 5.75 Å². The van der Waals surface area contributed by atoms with Gasteiger partial charge in [-0.15, -0.1) is 18.3 Å². The lowest BCUT2D eigenvalue weighted by Gasteiger charge is -2.21. The zero-order valence-corrected chi connectivity index (χ0v) is 24.4. The van der Waals surface area contributed by atoms with Gasteiger partial charge < -0.3 is 9.47 Å². The maximum atomic E-state index is 12.5. The number of amidine groups is 1. The molecule has 1 unspecified atom stereocenters. The maximum absolute atomic E-state index is 12.5. The van der Waals surface area contributed by atoms with E-state index in [2.05, 4.69) is 20.0 Å². The molecule has 0 aromatic heterocycles. The summed E-state index contributed by atoms with van der Waals surface area (Å²) in [6.07, 6.45) is -3.10. The minimum Gasteiger partial charge on any atom is -0.467 e. The average Bonchev–Trinajstić information content (AvgIpc) is 3.57. The standard InChI is InChI=1S/C28H20Cl2F3N5O4S/c1-41-26(40)23-13-22(36-38(23)18-9-11-19(12-10-18)42-28(31,32)33)17-7-5-16(6-8-17)14-34-35-27-37(24(39)15-43-27)25-20(29)3-2-4-21(25)30/h2-12,14,23H,13,15H2,1H3/b34-14+,35-27-. The third kappa shape index (κ3) is 6.95. The lowest BCUT2D eigenvalue weighted by Crippen LogP contribution is -2.35. The van der Waals surface area contributed by atoms with E-state index in [1.54, 1.807) is 42.5 Å². The molecule has 222 valence electrons. The zero-order valence-electron chi connectivity index (χ0n) is 22.1. The molecule has 15 heteroatoms. The van der Waals surface area contributed by atoms with Crippen molar-refractivity contribution in [3.05, 3.63) is 87.9 Å². The Morgan fingerprint density at radius 2 is 1.74 bits per heavy atom. The Labute approximate surface area is 257 Å². The molecule has 1 atom stereocenters. The molecule has 3 aromatic carbocycles. The van der Waals surface area contributed by atoms with Crippen LogP contribution in [0.2, 0.25) is 10.0 Å². The summed E-state index contributed by atoms with van der Waals surface area (Å²) in [5.74, 6) is -0.995. The van der Waals surface area contributed by atoms with Crippen molar-refractivity contribution < 1.29 is 32.2 Å². The fraction of sp³-hybridized carbons (Fsp3) is 0.179. The number of thioether (sulfide) groups is 1. The number of hydrogen-bond donors (Lipinski definition) is 0. The number of carbonyl (C=O) groups is 2. The number of benzene rings is 3. The Balaban J connectivity index is 1.32. The van der Waals surface area contributed by atoms with E-state index in [1.165, 1.54) is 47.1 Å². The van der Waals surface area contributed by atoms with E-state index in [9.17, 15) is 22.8 Å². The molecule has 3 aromatic rings. The Kier molecular flexibility index (Phi) is 8.95. The molecule has 2 aliphatic heterocycles. The highest BCUT2D eigenvalue weighted by molar-refractivity contribution is 8.15. The maximum Gasteiger partial charge on any atom is 0.573 e. The molecular formula is C28H20Cl2F3N5O4S. The number of anilines is 2. The molecule has 9 nitrogen and oxygen atoms in total. The van der Waals surface area contributed by atoms with E-state index >= 15 is 0 Å². The van der Waals surface area contributed by atoms with Crippen LogP contribution in [0.25, 0.3) is 0 Å². The first-order chi connectivity index (χ1) is 20.5. The van der Waals surface area contributed by atoms with Gasteiger partial charge in [-0.2, -0.15) is 10.2 Å². The van der Waals surface area contributed by atoms with Crippen molar-refractivity contribution in [1.29, 1.82) is 0 Å². The highest BCUT2D eigenvalue weighted by Crippen LogP contribution is 2.38. The van der Waals surface area contributed by atoms with Crippen molar-refractivity contribution in [2.45, 2.75) is 18.8 Å². The molecule has 1 fully saturated rings. The van der Waals surface area contributed by atoms with Crippen LogP contribution in [-0.2, 0) is 14.3 Å². The predicted molar refractivity (Wildman–Crippen MR) is 160 cm³/mol. The van der Waals surface area contributed by atoms with Gasteiger partial charge in [0.25, 0.3) is 0 Å². The van der Waals surface area contributed by atoms with Crippen LogP contribution in [0.15, 0.2) is 82.0 Å². The Hall–Kier alpha value is -4.07. The zero-order chi connectivity index (χ0) is 30.7. The van der Waals surface area contributed by atoms with E-state index in [4.69, 9.17) is 27.9 Å². The number of hydrogen-bond acceptors (Lipinski definition) is 9. The van der Waals surface area contributed by atoms with Gasteiger partial charge in [0, 0.05) is 6.42 Å². The third-order valence-electron chi connectivity index (χ3n) is 6.24. The molecule has 0 radical (unpaired) electrons. The monoisotopic (exact) mass is 649 g/mol. The average molecular weight is 650 g/mol. The Morgan fingerprint density at radius 3 is 2.37 bits per heavy atom. The van der Waals surface area contributed by atoms with Crippen LogP contribution >= 0.6 is 35.0 Å². The van der Waals surface area contributed by atoms with E-state index in [1.807, 2.05) is 0 Å². The van der Waals surface area contributed by atoms with Crippen molar-refractivity contribution in [2.24, 2.45) is 15.3 Å². The second-order valence-corrected chi connectivity index (χ2v) is 10.8. The number of alkyl halides is 3. The number of esters is 1. The van der Waals surface area contributed by atoms with E-state index < -0.39 is 24.1 Å². The smallest absolute Gasteiger partial charge is 0.467 e. The summed E-state index contributed by atoms with van der Waals surface area (Å²) in [6.45, 7) is 0. The summed E-state index contributed by atoms with van der Waals surface area (Å²) >= 11 is 13.8. The van der Waals surface area contributed by atoms with Crippen molar-refractivity contribution >= 4 is 75.3 Å². The first-order valence-electron chi connectivity index (χ1n) is 12.5. The summed E-state index contributed by atoms with van der Waals surface area (Å²) in [5.41, 5.74) is 2.72. The fourth-order valence-corrected chi connectivity index (χ4v) is 5.68. The lowest BCUT2D eigenvalue weighted by atomic mass is 10.0. The van der Waals surface area contributed by atoms with Crippen molar-refractivity contribution in [3.8, 4) is 5.75 Å². The first-order valence-corrected chi connectivity index (χ1v) is 14.2. The van der Waals surface area contributed by atoms with Crippen LogP contribution in [0.4, 0.5) is 24.5 Å². The number of carbonyl (C=O) groups excluding carboxylic acids is 2. The van der Waals surface area contributed by atoms with Gasteiger partial charge in [-0.1, -0.05) is 65.3 Å². The van der Waals surface area contributed by atoms with Gasteiger partial charge in [-0.25, -0.2) is 4.79 Å². The number of amides is 1. The molecule has 2 heterocycles. The molecular weight excluding hydrogens is 630 g/mol. The van der Waals surface area contributed by atoms with Crippen molar-refractivity contribution in [1.82, 2.24) is 0 Å². The largest absolute Gasteiger partial charge is 0.573 e. The van der Waals surface area contributed by atoms with Crippen LogP contribution in [0.3, 0.4) is 0 Å². The number of para-hydroxylation sites is 1. The van der Waals surface area contributed by atoms with E-state index in [0.29, 0.717) is 43.4 Å². The predicted octanol–water partition coefficient (Wildman–Crippen LogP) is 6.52. The lowest BCUT2D eigenvalue weighted by molar-refractivity contribution is -0.274. The molecule has 0 aliphatic carbocycles. The van der Waals surface area contributed by atoms with Gasteiger partial charge in [0.15, 0.2) is 11.2 Å².